The van der Waals surface area contributed by atoms with Crippen molar-refractivity contribution in [3.05, 3.63) is 81.1 Å². The fraction of sp³-hybridized carbons (Fsp3) is 0.0556. The SMILES string of the molecule is Cc1cc([N+](=O)[O-])ccc1NC(=O)c1ccc(-c2cccc(Cl)c2)o1. The summed E-state index contributed by atoms with van der Waals surface area (Å²) in [6, 6.07) is 14.6. The number of amides is 1. The highest BCUT2D eigenvalue weighted by Gasteiger charge is 2.15. The van der Waals surface area contributed by atoms with Crippen LogP contribution in [0.3, 0.4) is 0 Å². The van der Waals surface area contributed by atoms with Crippen LogP contribution < -0.4 is 5.32 Å². The molecule has 0 spiro atoms. The fourth-order valence-corrected chi connectivity index (χ4v) is 2.53. The molecule has 0 bridgehead atoms. The molecule has 0 aliphatic rings. The normalized spacial score (nSPS) is 10.5. The van der Waals surface area contributed by atoms with Gasteiger partial charge in [-0.05, 0) is 42.8 Å². The summed E-state index contributed by atoms with van der Waals surface area (Å²) in [7, 11) is 0. The maximum absolute atomic E-state index is 12.3. The van der Waals surface area contributed by atoms with Gasteiger partial charge in [0, 0.05) is 28.4 Å². The second kappa shape index (κ2) is 6.78. The third kappa shape index (κ3) is 3.70. The number of nitrogens with zero attached hydrogens (tertiary/aromatic N) is 1. The minimum Gasteiger partial charge on any atom is -0.451 e. The minimum atomic E-state index is -0.484. The highest BCUT2D eigenvalue weighted by molar-refractivity contribution is 6.30. The van der Waals surface area contributed by atoms with Gasteiger partial charge >= 0.3 is 0 Å². The van der Waals surface area contributed by atoms with Crippen molar-refractivity contribution >= 4 is 28.9 Å². The van der Waals surface area contributed by atoms with Gasteiger partial charge in [-0.15, -0.1) is 0 Å². The lowest BCUT2D eigenvalue weighted by Gasteiger charge is -2.06. The highest BCUT2D eigenvalue weighted by atomic mass is 35.5. The number of nitrogens with one attached hydrogen (secondary N) is 1. The molecule has 25 heavy (non-hydrogen) atoms. The van der Waals surface area contributed by atoms with Crippen molar-refractivity contribution in [3.8, 4) is 11.3 Å². The zero-order chi connectivity index (χ0) is 18.0. The summed E-state index contributed by atoms with van der Waals surface area (Å²) in [5.74, 6) is 0.214. The van der Waals surface area contributed by atoms with Gasteiger partial charge in [-0.3, -0.25) is 14.9 Å². The molecule has 1 N–H and O–H groups in total. The van der Waals surface area contributed by atoms with Gasteiger partial charge in [0.05, 0.1) is 4.92 Å². The van der Waals surface area contributed by atoms with E-state index < -0.39 is 10.8 Å². The summed E-state index contributed by atoms with van der Waals surface area (Å²) in [5, 5.41) is 14.0. The monoisotopic (exact) mass is 356 g/mol. The van der Waals surface area contributed by atoms with E-state index in [0.29, 0.717) is 22.0 Å². The molecule has 0 radical (unpaired) electrons. The lowest BCUT2D eigenvalue weighted by atomic mass is 10.1. The van der Waals surface area contributed by atoms with Crippen LogP contribution in [0.2, 0.25) is 5.02 Å². The van der Waals surface area contributed by atoms with Crippen LogP contribution in [0.15, 0.2) is 59.0 Å². The number of anilines is 1. The lowest BCUT2D eigenvalue weighted by Crippen LogP contribution is -2.11. The molecule has 0 aliphatic carbocycles. The summed E-state index contributed by atoms with van der Waals surface area (Å²) >= 11 is 5.95. The van der Waals surface area contributed by atoms with Gasteiger partial charge < -0.3 is 9.73 Å². The van der Waals surface area contributed by atoms with Crippen molar-refractivity contribution < 1.29 is 14.1 Å². The zero-order valence-corrected chi connectivity index (χ0v) is 13.9. The zero-order valence-electron chi connectivity index (χ0n) is 13.2. The number of halogens is 1. The molecule has 1 aromatic heterocycles. The number of aryl methyl sites for hydroxylation is 1. The molecule has 1 amide bonds. The predicted molar refractivity (Wildman–Crippen MR) is 94.9 cm³/mol. The molecule has 1 heterocycles. The highest BCUT2D eigenvalue weighted by Crippen LogP contribution is 2.26. The molecule has 0 atom stereocenters. The van der Waals surface area contributed by atoms with Crippen LogP contribution in [-0.2, 0) is 0 Å². The number of carbonyl (C=O) groups is 1. The molecule has 3 aromatic rings. The topological polar surface area (TPSA) is 85.4 Å². The molecular weight excluding hydrogens is 344 g/mol. The number of rotatable bonds is 4. The molecular formula is C18H13ClN2O4. The number of hydrogen-bond donors (Lipinski definition) is 1. The van der Waals surface area contributed by atoms with E-state index >= 15 is 0 Å². The van der Waals surface area contributed by atoms with Crippen molar-refractivity contribution in [2.45, 2.75) is 6.92 Å². The van der Waals surface area contributed by atoms with E-state index in [4.69, 9.17) is 16.0 Å². The first kappa shape index (κ1) is 16.7. The maximum atomic E-state index is 12.3. The largest absolute Gasteiger partial charge is 0.451 e. The van der Waals surface area contributed by atoms with Gasteiger partial charge in [0.1, 0.15) is 5.76 Å². The van der Waals surface area contributed by atoms with Gasteiger partial charge in [-0.25, -0.2) is 0 Å². The summed E-state index contributed by atoms with van der Waals surface area (Å²) in [6.45, 7) is 1.68. The Bertz CT molecular complexity index is 965. The van der Waals surface area contributed by atoms with Gasteiger partial charge in [0.15, 0.2) is 5.76 Å². The molecule has 0 saturated heterocycles. The number of non-ortho nitro benzene ring substituents is 1. The van der Waals surface area contributed by atoms with E-state index in [9.17, 15) is 14.9 Å². The van der Waals surface area contributed by atoms with E-state index in [1.54, 1.807) is 37.3 Å². The van der Waals surface area contributed by atoms with Crippen LogP contribution in [0.5, 0.6) is 0 Å². The van der Waals surface area contributed by atoms with Gasteiger partial charge in [0.25, 0.3) is 11.6 Å². The van der Waals surface area contributed by atoms with E-state index in [-0.39, 0.29) is 11.4 Å². The summed E-state index contributed by atoms with van der Waals surface area (Å²) in [4.78, 5) is 22.6. The van der Waals surface area contributed by atoms with E-state index in [1.807, 2.05) is 6.07 Å². The van der Waals surface area contributed by atoms with Gasteiger partial charge in [0.2, 0.25) is 0 Å². The fourth-order valence-electron chi connectivity index (χ4n) is 2.34. The number of nitro groups is 1. The first-order valence-electron chi connectivity index (χ1n) is 7.36. The molecule has 0 saturated carbocycles. The smallest absolute Gasteiger partial charge is 0.291 e. The second-order valence-corrected chi connectivity index (χ2v) is 5.82. The maximum Gasteiger partial charge on any atom is 0.291 e. The number of benzene rings is 2. The van der Waals surface area contributed by atoms with Crippen LogP contribution in [0.25, 0.3) is 11.3 Å². The van der Waals surface area contributed by atoms with Crippen LogP contribution >= 0.6 is 11.6 Å². The predicted octanol–water partition coefficient (Wildman–Crippen LogP) is 5.07. The Balaban J connectivity index is 1.79. The first-order chi connectivity index (χ1) is 11.9. The molecule has 3 rings (SSSR count). The van der Waals surface area contributed by atoms with E-state index in [0.717, 1.165) is 5.56 Å². The van der Waals surface area contributed by atoms with E-state index in [1.165, 1.54) is 18.2 Å². The van der Waals surface area contributed by atoms with Crippen molar-refractivity contribution in [2.24, 2.45) is 0 Å². The van der Waals surface area contributed by atoms with Crippen molar-refractivity contribution in [1.82, 2.24) is 0 Å². The Morgan fingerprint density at radius 2 is 1.96 bits per heavy atom. The first-order valence-corrected chi connectivity index (χ1v) is 7.74. The standard InChI is InChI=1S/C18H13ClN2O4/c1-11-9-14(21(23)24)5-6-15(11)20-18(22)17-8-7-16(25-17)12-3-2-4-13(19)10-12/h2-10H,1H3,(H,20,22). The number of furan rings is 1. The Kier molecular flexibility index (Phi) is 4.54. The molecule has 0 fully saturated rings. The summed E-state index contributed by atoms with van der Waals surface area (Å²) in [6.07, 6.45) is 0. The number of carbonyl (C=O) groups excluding carboxylic acids is 1. The Morgan fingerprint density at radius 3 is 2.64 bits per heavy atom. The van der Waals surface area contributed by atoms with Crippen LogP contribution in [0, 0.1) is 17.0 Å². The van der Waals surface area contributed by atoms with Gasteiger partial charge in [-0.1, -0.05) is 23.7 Å². The molecule has 6 nitrogen and oxygen atoms in total. The lowest BCUT2D eigenvalue weighted by molar-refractivity contribution is -0.384. The van der Waals surface area contributed by atoms with Crippen molar-refractivity contribution in [1.29, 1.82) is 0 Å². The summed E-state index contributed by atoms with van der Waals surface area (Å²) < 4.78 is 5.58. The third-order valence-electron chi connectivity index (χ3n) is 3.61. The Hall–Kier alpha value is -3.12. The molecule has 0 aliphatic heterocycles. The van der Waals surface area contributed by atoms with Crippen LogP contribution in [-0.4, -0.2) is 10.8 Å². The van der Waals surface area contributed by atoms with E-state index in [2.05, 4.69) is 5.32 Å². The average Bonchev–Trinajstić information content (AvgIpc) is 3.06. The average molecular weight is 357 g/mol. The summed E-state index contributed by atoms with van der Waals surface area (Å²) in [5.41, 5.74) is 1.80. The number of nitro benzene ring substituents is 1. The Labute approximate surface area is 148 Å². The van der Waals surface area contributed by atoms with Crippen LogP contribution in [0.4, 0.5) is 11.4 Å². The van der Waals surface area contributed by atoms with Crippen LogP contribution in [0.1, 0.15) is 16.1 Å². The van der Waals surface area contributed by atoms with Gasteiger partial charge in [-0.2, -0.15) is 0 Å². The molecule has 126 valence electrons. The molecule has 7 heteroatoms. The van der Waals surface area contributed by atoms with Crippen molar-refractivity contribution in [2.75, 3.05) is 5.32 Å². The minimum absolute atomic E-state index is 0.0308. The second-order valence-electron chi connectivity index (χ2n) is 5.38. The molecule has 0 unspecified atom stereocenters. The number of hydrogen-bond acceptors (Lipinski definition) is 4. The van der Waals surface area contributed by atoms with Crippen molar-refractivity contribution in [3.63, 3.8) is 0 Å². The third-order valence-corrected chi connectivity index (χ3v) is 3.84. The Morgan fingerprint density at radius 1 is 1.16 bits per heavy atom. The quantitative estimate of drug-likeness (QED) is 0.522. The molecule has 2 aromatic carbocycles.